The first-order valence-corrected chi connectivity index (χ1v) is 10.6. The summed E-state index contributed by atoms with van der Waals surface area (Å²) in [6, 6.07) is 14.4. The van der Waals surface area contributed by atoms with Crippen molar-refractivity contribution in [3.63, 3.8) is 0 Å². The van der Waals surface area contributed by atoms with Crippen molar-refractivity contribution in [2.24, 2.45) is 0 Å². The molecule has 31 heavy (non-hydrogen) atoms. The molecule has 0 fully saturated rings. The molecule has 7 nitrogen and oxygen atoms in total. The third kappa shape index (κ3) is 4.82. The van der Waals surface area contributed by atoms with Crippen LogP contribution in [0.25, 0.3) is 11.4 Å². The third-order valence-electron chi connectivity index (χ3n) is 5.46. The Balaban J connectivity index is 1.39. The van der Waals surface area contributed by atoms with Crippen LogP contribution in [-0.2, 0) is 17.8 Å². The Morgan fingerprint density at radius 2 is 1.74 bits per heavy atom. The Bertz CT molecular complexity index is 1070. The molecule has 1 aromatic heterocycles. The molecule has 1 unspecified atom stereocenters. The number of anilines is 1. The summed E-state index contributed by atoms with van der Waals surface area (Å²) in [6.45, 7) is 4.14. The number of hydrogen-bond acceptors (Lipinski definition) is 5. The van der Waals surface area contributed by atoms with E-state index in [1.54, 1.807) is 31.2 Å². The van der Waals surface area contributed by atoms with Crippen molar-refractivity contribution in [2.45, 2.75) is 52.2 Å². The van der Waals surface area contributed by atoms with Crippen LogP contribution >= 0.6 is 0 Å². The van der Waals surface area contributed by atoms with E-state index in [0.717, 1.165) is 43.0 Å². The molecule has 0 spiro atoms. The molecule has 1 aliphatic rings. The highest BCUT2D eigenvalue weighted by Gasteiger charge is 2.17. The molecule has 1 atom stereocenters. The summed E-state index contributed by atoms with van der Waals surface area (Å²) in [7, 11) is 0. The number of ketones is 1. The summed E-state index contributed by atoms with van der Waals surface area (Å²) in [4.78, 5) is 23.9. The van der Waals surface area contributed by atoms with Crippen molar-refractivity contribution in [3.05, 3.63) is 59.9 Å². The average molecular weight is 418 g/mol. The van der Waals surface area contributed by atoms with E-state index in [-0.39, 0.29) is 11.7 Å². The predicted octanol–water partition coefficient (Wildman–Crippen LogP) is 4.28. The summed E-state index contributed by atoms with van der Waals surface area (Å²) in [5.74, 6) is 2.20. The molecule has 2 aromatic carbocycles. The van der Waals surface area contributed by atoms with E-state index in [1.807, 2.05) is 24.3 Å². The van der Waals surface area contributed by atoms with Crippen LogP contribution in [0.4, 0.5) is 5.69 Å². The van der Waals surface area contributed by atoms with Crippen molar-refractivity contribution < 1.29 is 14.3 Å². The number of nitrogens with zero attached hydrogens (tertiary/aromatic N) is 3. The zero-order valence-corrected chi connectivity index (χ0v) is 17.8. The van der Waals surface area contributed by atoms with Crippen LogP contribution in [0.1, 0.15) is 49.3 Å². The predicted molar refractivity (Wildman–Crippen MR) is 118 cm³/mol. The highest BCUT2D eigenvalue weighted by atomic mass is 16.5. The first-order valence-electron chi connectivity index (χ1n) is 10.6. The van der Waals surface area contributed by atoms with Gasteiger partial charge in [0, 0.05) is 29.8 Å². The lowest BCUT2D eigenvalue weighted by Gasteiger charge is -2.15. The van der Waals surface area contributed by atoms with Gasteiger partial charge < -0.3 is 14.6 Å². The Kier molecular flexibility index (Phi) is 6.11. The first-order chi connectivity index (χ1) is 15.0. The second kappa shape index (κ2) is 9.12. The zero-order valence-electron chi connectivity index (χ0n) is 17.8. The van der Waals surface area contributed by atoms with Crippen LogP contribution in [0.3, 0.4) is 0 Å². The standard InChI is InChI=1S/C24H26N4O3/c1-16(29)18-9-13-21(14-10-18)31-17(2)24(30)25-20-11-7-19(8-12-20)23-27-26-22-6-4-3-5-15-28(22)23/h7-14,17H,3-6,15H2,1-2H3,(H,25,30). The van der Waals surface area contributed by atoms with E-state index in [4.69, 9.17) is 4.74 Å². The van der Waals surface area contributed by atoms with Crippen molar-refractivity contribution in [1.82, 2.24) is 14.8 Å². The first kappa shape index (κ1) is 20.8. The van der Waals surface area contributed by atoms with Gasteiger partial charge in [0.2, 0.25) is 0 Å². The van der Waals surface area contributed by atoms with E-state index in [2.05, 4.69) is 20.1 Å². The second-order valence-electron chi connectivity index (χ2n) is 7.81. The molecular formula is C24H26N4O3. The van der Waals surface area contributed by atoms with Gasteiger partial charge in [-0.05, 0) is 75.2 Å². The lowest BCUT2D eigenvalue weighted by Crippen LogP contribution is -2.30. The van der Waals surface area contributed by atoms with Crippen molar-refractivity contribution in [2.75, 3.05) is 5.32 Å². The molecule has 160 valence electrons. The molecule has 1 aliphatic heterocycles. The number of rotatable bonds is 6. The van der Waals surface area contributed by atoms with Crippen LogP contribution in [0, 0.1) is 0 Å². The van der Waals surface area contributed by atoms with Crippen LogP contribution < -0.4 is 10.1 Å². The van der Waals surface area contributed by atoms with Crippen LogP contribution in [0.15, 0.2) is 48.5 Å². The Hall–Kier alpha value is -3.48. The summed E-state index contributed by atoms with van der Waals surface area (Å²) in [5.41, 5.74) is 2.27. The molecule has 4 rings (SSSR count). The molecule has 1 N–H and O–H groups in total. The largest absolute Gasteiger partial charge is 0.481 e. The number of ether oxygens (including phenoxy) is 1. The maximum Gasteiger partial charge on any atom is 0.265 e. The molecule has 2 heterocycles. The maximum absolute atomic E-state index is 12.5. The number of aryl methyl sites for hydroxylation is 1. The molecule has 0 bridgehead atoms. The van der Waals surface area contributed by atoms with Gasteiger partial charge in [0.05, 0.1) is 0 Å². The Morgan fingerprint density at radius 1 is 1.00 bits per heavy atom. The van der Waals surface area contributed by atoms with Gasteiger partial charge in [-0.1, -0.05) is 6.42 Å². The molecule has 3 aromatic rings. The number of fused-ring (bicyclic) bond motifs is 1. The highest BCUT2D eigenvalue weighted by Crippen LogP contribution is 2.24. The van der Waals surface area contributed by atoms with E-state index < -0.39 is 6.10 Å². The normalized spacial score (nSPS) is 14.3. The van der Waals surface area contributed by atoms with E-state index in [0.29, 0.717) is 17.0 Å². The SMILES string of the molecule is CC(=O)c1ccc(OC(C)C(=O)Nc2ccc(-c3nnc4n3CCCCC4)cc2)cc1. The number of benzene rings is 2. The average Bonchev–Trinajstić information content (AvgIpc) is 3.02. The molecule has 7 heteroatoms. The molecule has 0 saturated carbocycles. The Labute approximate surface area is 181 Å². The fourth-order valence-corrected chi connectivity index (χ4v) is 3.67. The monoisotopic (exact) mass is 418 g/mol. The number of carbonyl (C=O) groups excluding carboxylic acids is 2. The smallest absolute Gasteiger partial charge is 0.265 e. The van der Waals surface area contributed by atoms with Gasteiger partial charge in [-0.15, -0.1) is 10.2 Å². The minimum absolute atomic E-state index is 0.0111. The quantitative estimate of drug-likeness (QED) is 0.604. The Morgan fingerprint density at radius 3 is 2.45 bits per heavy atom. The number of aromatic nitrogens is 3. The maximum atomic E-state index is 12.5. The summed E-state index contributed by atoms with van der Waals surface area (Å²) < 4.78 is 7.90. The zero-order chi connectivity index (χ0) is 21.8. The number of Topliss-reactive ketones (excluding diaryl/α,β-unsaturated/α-hetero) is 1. The van der Waals surface area contributed by atoms with E-state index >= 15 is 0 Å². The van der Waals surface area contributed by atoms with Crippen molar-refractivity contribution in [3.8, 4) is 17.1 Å². The number of amides is 1. The number of nitrogens with one attached hydrogen (secondary N) is 1. The summed E-state index contributed by atoms with van der Waals surface area (Å²) in [6.07, 6.45) is 3.80. The minimum atomic E-state index is -0.685. The van der Waals surface area contributed by atoms with Gasteiger partial charge in [0.1, 0.15) is 11.6 Å². The van der Waals surface area contributed by atoms with Crippen LogP contribution in [0.5, 0.6) is 5.75 Å². The number of hydrogen-bond donors (Lipinski definition) is 1. The number of carbonyl (C=O) groups is 2. The molecule has 1 amide bonds. The minimum Gasteiger partial charge on any atom is -0.481 e. The van der Waals surface area contributed by atoms with Gasteiger partial charge in [0.25, 0.3) is 5.91 Å². The summed E-state index contributed by atoms with van der Waals surface area (Å²) in [5, 5.41) is 11.6. The van der Waals surface area contributed by atoms with Crippen LogP contribution in [-0.4, -0.2) is 32.6 Å². The molecule has 0 saturated heterocycles. The van der Waals surface area contributed by atoms with Gasteiger partial charge in [-0.3, -0.25) is 9.59 Å². The second-order valence-corrected chi connectivity index (χ2v) is 7.81. The van der Waals surface area contributed by atoms with Crippen molar-refractivity contribution >= 4 is 17.4 Å². The fourth-order valence-electron chi connectivity index (χ4n) is 3.67. The van der Waals surface area contributed by atoms with Gasteiger partial charge in [-0.2, -0.15) is 0 Å². The van der Waals surface area contributed by atoms with Gasteiger partial charge in [0.15, 0.2) is 17.7 Å². The van der Waals surface area contributed by atoms with Crippen LogP contribution in [0.2, 0.25) is 0 Å². The highest BCUT2D eigenvalue weighted by molar-refractivity contribution is 5.95. The topological polar surface area (TPSA) is 86.1 Å². The van der Waals surface area contributed by atoms with Crippen molar-refractivity contribution in [1.29, 1.82) is 0 Å². The summed E-state index contributed by atoms with van der Waals surface area (Å²) >= 11 is 0. The molecular weight excluding hydrogens is 392 g/mol. The van der Waals surface area contributed by atoms with E-state index in [9.17, 15) is 9.59 Å². The lowest BCUT2D eigenvalue weighted by atomic mass is 10.1. The van der Waals surface area contributed by atoms with Gasteiger partial charge >= 0.3 is 0 Å². The lowest BCUT2D eigenvalue weighted by molar-refractivity contribution is -0.122. The third-order valence-corrected chi connectivity index (χ3v) is 5.46. The molecule has 0 radical (unpaired) electrons. The van der Waals surface area contributed by atoms with Gasteiger partial charge in [-0.25, -0.2) is 0 Å². The fraction of sp³-hybridized carbons (Fsp3) is 0.333. The van der Waals surface area contributed by atoms with E-state index in [1.165, 1.54) is 13.3 Å². The molecule has 0 aliphatic carbocycles.